The van der Waals surface area contributed by atoms with E-state index in [1.54, 1.807) is 0 Å². The zero-order chi connectivity index (χ0) is 12.8. The van der Waals surface area contributed by atoms with E-state index in [2.05, 4.69) is 6.07 Å². The quantitative estimate of drug-likeness (QED) is 0.329. The van der Waals surface area contributed by atoms with Crippen LogP contribution >= 0.6 is 34.8 Å². The Hall–Kier alpha value is -1.02. The number of pyridine rings is 2. The van der Waals surface area contributed by atoms with Crippen LogP contribution in [0.3, 0.4) is 0 Å². The fourth-order valence-electron chi connectivity index (χ4n) is 2.10. The molecule has 0 spiro atoms. The van der Waals surface area contributed by atoms with Crippen molar-refractivity contribution in [3.05, 3.63) is 60.4 Å². The van der Waals surface area contributed by atoms with Crippen LogP contribution in [0.4, 0.5) is 0 Å². The molecular formula is C14H9Cl3N+. The van der Waals surface area contributed by atoms with Gasteiger partial charge in [0.2, 0.25) is 9.31 Å². The molecule has 0 saturated heterocycles. The Morgan fingerprint density at radius 2 is 1.61 bits per heavy atom. The first-order valence-electron chi connectivity index (χ1n) is 5.46. The third-order valence-electron chi connectivity index (χ3n) is 2.94. The van der Waals surface area contributed by atoms with Gasteiger partial charge >= 0.3 is 0 Å². The number of nitrogens with zero attached hydrogens (tertiary/aromatic N) is 1. The summed E-state index contributed by atoms with van der Waals surface area (Å²) in [5.74, 6) is 0. The largest absolute Gasteiger partial charge is 0.222 e. The second kappa shape index (κ2) is 4.27. The van der Waals surface area contributed by atoms with Gasteiger partial charge in [-0.2, -0.15) is 4.40 Å². The molecule has 90 valence electrons. The van der Waals surface area contributed by atoms with E-state index >= 15 is 0 Å². The van der Waals surface area contributed by atoms with Crippen molar-refractivity contribution in [3.63, 3.8) is 0 Å². The third kappa shape index (κ3) is 2.03. The Labute approximate surface area is 120 Å². The fraction of sp³-hybridized carbons (Fsp3) is 0.0714. The van der Waals surface area contributed by atoms with Gasteiger partial charge in [0.05, 0.1) is 5.56 Å². The second-order valence-electron chi connectivity index (χ2n) is 4.11. The molecule has 0 atom stereocenters. The Bertz CT molecular complexity index is 732. The van der Waals surface area contributed by atoms with Crippen LogP contribution in [0.15, 0.2) is 54.9 Å². The maximum absolute atomic E-state index is 6.01. The lowest BCUT2D eigenvalue weighted by atomic mass is 10.1. The Morgan fingerprint density at radius 1 is 0.889 bits per heavy atom. The smallest absolute Gasteiger partial charge is 0.166 e. The van der Waals surface area contributed by atoms with Crippen LogP contribution in [-0.4, -0.2) is 0 Å². The lowest BCUT2D eigenvalue weighted by molar-refractivity contribution is -0.510. The van der Waals surface area contributed by atoms with E-state index in [4.69, 9.17) is 34.8 Å². The van der Waals surface area contributed by atoms with Crippen LogP contribution in [0.2, 0.25) is 0 Å². The highest BCUT2D eigenvalue weighted by Gasteiger charge is 2.28. The van der Waals surface area contributed by atoms with Gasteiger partial charge in [0.15, 0.2) is 12.4 Å². The monoisotopic (exact) mass is 296 g/mol. The summed E-state index contributed by atoms with van der Waals surface area (Å²) in [6.45, 7) is 0. The maximum Gasteiger partial charge on any atom is 0.222 e. The van der Waals surface area contributed by atoms with Crippen molar-refractivity contribution in [1.29, 1.82) is 0 Å². The van der Waals surface area contributed by atoms with Gasteiger partial charge in [0.1, 0.15) is 0 Å². The van der Waals surface area contributed by atoms with Crippen molar-refractivity contribution in [2.75, 3.05) is 0 Å². The summed E-state index contributed by atoms with van der Waals surface area (Å²) in [6.07, 6.45) is 3.98. The molecule has 1 nitrogen and oxygen atoms in total. The van der Waals surface area contributed by atoms with E-state index < -0.39 is 3.79 Å². The lowest BCUT2D eigenvalue weighted by Gasteiger charge is -2.10. The first-order valence-corrected chi connectivity index (χ1v) is 6.59. The van der Waals surface area contributed by atoms with Crippen molar-refractivity contribution in [1.82, 2.24) is 0 Å². The van der Waals surface area contributed by atoms with Gasteiger partial charge in [-0.25, -0.2) is 0 Å². The summed E-state index contributed by atoms with van der Waals surface area (Å²) >= 11 is 18.0. The van der Waals surface area contributed by atoms with Gasteiger partial charge in [-0.1, -0.05) is 53.0 Å². The molecule has 0 fully saturated rings. The molecule has 0 unspecified atom stereocenters. The van der Waals surface area contributed by atoms with E-state index in [1.807, 2.05) is 53.2 Å². The lowest BCUT2D eigenvalue weighted by Crippen LogP contribution is -2.23. The van der Waals surface area contributed by atoms with E-state index in [1.165, 1.54) is 0 Å². The SMILES string of the molecule is ClC(Cl)(Cl)c1ccc[n+]2cc3ccccc3cc12. The van der Waals surface area contributed by atoms with Crippen LogP contribution in [0, 0.1) is 0 Å². The molecule has 0 aliphatic carbocycles. The van der Waals surface area contributed by atoms with Gasteiger partial charge < -0.3 is 0 Å². The minimum absolute atomic E-state index is 0.681. The van der Waals surface area contributed by atoms with Crippen molar-refractivity contribution < 1.29 is 4.40 Å². The number of halogens is 3. The van der Waals surface area contributed by atoms with Crippen molar-refractivity contribution in [2.45, 2.75) is 3.79 Å². The summed E-state index contributed by atoms with van der Waals surface area (Å²) in [5, 5.41) is 2.27. The Kier molecular flexibility index (Phi) is 2.86. The number of fused-ring (bicyclic) bond motifs is 2. The average Bonchev–Trinajstić information content (AvgIpc) is 2.34. The highest BCUT2D eigenvalue weighted by atomic mass is 35.6. The standard InChI is InChI=1S/C14H9Cl3N/c15-14(16,17)12-6-3-7-18-9-11-5-2-1-4-10(11)8-13(12)18/h1-9H/q+1. The Balaban J connectivity index is 2.44. The van der Waals surface area contributed by atoms with Crippen LogP contribution in [0.25, 0.3) is 16.3 Å². The summed E-state index contributed by atoms with van der Waals surface area (Å²) in [7, 11) is 0. The summed E-state index contributed by atoms with van der Waals surface area (Å²) in [6, 6.07) is 13.8. The Morgan fingerprint density at radius 3 is 2.33 bits per heavy atom. The third-order valence-corrected chi connectivity index (χ3v) is 3.55. The van der Waals surface area contributed by atoms with Gasteiger partial charge in [-0.15, -0.1) is 0 Å². The van der Waals surface area contributed by atoms with E-state index in [-0.39, 0.29) is 0 Å². The topological polar surface area (TPSA) is 4.10 Å². The summed E-state index contributed by atoms with van der Waals surface area (Å²) < 4.78 is 0.550. The molecule has 4 heteroatoms. The minimum Gasteiger partial charge on any atom is -0.166 e. The predicted octanol–water partition coefficient (Wildman–Crippen LogP) is 4.41. The molecule has 0 amide bonds. The zero-order valence-corrected chi connectivity index (χ0v) is 11.5. The highest BCUT2D eigenvalue weighted by Crippen LogP contribution is 2.39. The molecule has 3 rings (SSSR count). The molecule has 2 heterocycles. The number of hydrogen-bond acceptors (Lipinski definition) is 0. The van der Waals surface area contributed by atoms with Gasteiger partial charge in [-0.05, 0) is 17.5 Å². The number of aromatic nitrogens is 1. The molecule has 0 N–H and O–H groups in total. The van der Waals surface area contributed by atoms with Gasteiger partial charge in [0.25, 0.3) is 0 Å². The number of alkyl halides is 3. The van der Waals surface area contributed by atoms with Crippen LogP contribution in [-0.2, 0) is 3.79 Å². The first kappa shape index (κ1) is 12.0. The number of hydrogen-bond donors (Lipinski definition) is 0. The molecule has 0 radical (unpaired) electrons. The van der Waals surface area contributed by atoms with E-state index in [0.717, 1.165) is 16.3 Å². The van der Waals surface area contributed by atoms with Crippen molar-refractivity contribution in [3.8, 4) is 0 Å². The zero-order valence-electron chi connectivity index (χ0n) is 9.28. The van der Waals surface area contributed by atoms with Crippen LogP contribution in [0.5, 0.6) is 0 Å². The summed E-state index contributed by atoms with van der Waals surface area (Å²) in [4.78, 5) is 0. The molecule has 18 heavy (non-hydrogen) atoms. The number of rotatable bonds is 0. The van der Waals surface area contributed by atoms with Gasteiger partial charge in [-0.3, -0.25) is 0 Å². The molecule has 3 aromatic rings. The van der Waals surface area contributed by atoms with Crippen molar-refractivity contribution >= 4 is 51.1 Å². The first-order chi connectivity index (χ1) is 8.55. The number of benzene rings is 1. The minimum atomic E-state index is -1.42. The second-order valence-corrected chi connectivity index (χ2v) is 6.40. The summed E-state index contributed by atoms with van der Waals surface area (Å²) in [5.41, 5.74) is 1.58. The fourth-order valence-corrected chi connectivity index (χ4v) is 2.58. The van der Waals surface area contributed by atoms with Crippen LogP contribution in [0.1, 0.15) is 5.56 Å². The molecule has 1 aromatic carbocycles. The molecule has 0 saturated carbocycles. The van der Waals surface area contributed by atoms with Crippen LogP contribution < -0.4 is 4.40 Å². The van der Waals surface area contributed by atoms with E-state index in [0.29, 0.717) is 5.56 Å². The molecule has 2 aromatic heterocycles. The molecule has 0 bridgehead atoms. The van der Waals surface area contributed by atoms with E-state index in [9.17, 15) is 0 Å². The predicted molar refractivity (Wildman–Crippen MR) is 76.3 cm³/mol. The highest BCUT2D eigenvalue weighted by molar-refractivity contribution is 6.67. The van der Waals surface area contributed by atoms with Crippen molar-refractivity contribution in [2.24, 2.45) is 0 Å². The molecular weight excluding hydrogens is 289 g/mol. The molecule has 0 aliphatic heterocycles. The molecule has 0 aliphatic rings. The maximum atomic E-state index is 6.01. The average molecular weight is 298 g/mol. The van der Waals surface area contributed by atoms with Gasteiger partial charge in [0, 0.05) is 17.5 Å². The normalized spacial score (nSPS) is 12.2.